The molecule has 0 spiro atoms. The normalized spacial score (nSPS) is 18.6. The number of nitrogens with zero attached hydrogens (tertiary/aromatic N) is 2. The highest BCUT2D eigenvalue weighted by Crippen LogP contribution is 2.46. The number of ketones is 1. The molecule has 11 heteroatoms. The highest BCUT2D eigenvalue weighted by atomic mass is 32.1. The molecule has 1 N–H and O–H groups in total. The van der Waals surface area contributed by atoms with Crippen LogP contribution in [0.15, 0.2) is 54.6 Å². The number of Topliss-reactive ketones (excluding diaryl/α,β-unsaturated/α-hetero) is 1. The number of benzene rings is 2. The summed E-state index contributed by atoms with van der Waals surface area (Å²) < 4.78 is 22.7. The minimum atomic E-state index is -1.08. The van der Waals surface area contributed by atoms with Crippen molar-refractivity contribution >= 4 is 39.9 Å². The minimum Gasteiger partial charge on any atom is -0.507 e. The fourth-order valence-electron chi connectivity index (χ4n) is 5.24. The van der Waals surface area contributed by atoms with Crippen LogP contribution in [-0.4, -0.2) is 53.7 Å². The predicted molar refractivity (Wildman–Crippen MR) is 166 cm³/mol. The van der Waals surface area contributed by atoms with Crippen molar-refractivity contribution in [2.75, 3.05) is 24.7 Å². The first-order chi connectivity index (χ1) is 21.2. The Kier molecular flexibility index (Phi) is 9.05. The Hall–Kier alpha value is -4.64. The standard InChI is InChI=1S/C33H34N2O8S/c1-6-13-41-24-12-9-20(17-25(24)40-8-3)27-26(28(36)21-10-11-23-22(16-21)15-18(4)43-23)29(37)31(38)35(27)33-34-19(5)30(44-33)32(39)42-14-7-2/h7,9-12,16-18,27,36H,2,6,8,13-15H2,1,3-5H3/b28-26+/t18-,27-/m0/s1. The van der Waals surface area contributed by atoms with Crippen molar-refractivity contribution < 1.29 is 38.4 Å². The summed E-state index contributed by atoms with van der Waals surface area (Å²) in [5, 5.41) is 11.8. The molecule has 0 radical (unpaired) electrons. The van der Waals surface area contributed by atoms with Gasteiger partial charge in [0, 0.05) is 12.0 Å². The van der Waals surface area contributed by atoms with Gasteiger partial charge in [-0.05, 0) is 68.7 Å². The van der Waals surface area contributed by atoms with E-state index in [1.54, 1.807) is 43.3 Å². The van der Waals surface area contributed by atoms with Crippen molar-refractivity contribution in [1.82, 2.24) is 4.98 Å². The van der Waals surface area contributed by atoms with E-state index < -0.39 is 23.7 Å². The van der Waals surface area contributed by atoms with E-state index in [2.05, 4.69) is 11.6 Å². The second kappa shape index (κ2) is 12.9. The van der Waals surface area contributed by atoms with Gasteiger partial charge >= 0.3 is 11.9 Å². The summed E-state index contributed by atoms with van der Waals surface area (Å²) in [7, 11) is 0. The van der Waals surface area contributed by atoms with E-state index in [1.165, 1.54) is 11.0 Å². The van der Waals surface area contributed by atoms with E-state index >= 15 is 0 Å². The number of hydrogen-bond donors (Lipinski definition) is 1. The number of fused-ring (bicyclic) bond motifs is 1. The van der Waals surface area contributed by atoms with Crippen LogP contribution in [0.4, 0.5) is 5.13 Å². The van der Waals surface area contributed by atoms with Crippen molar-refractivity contribution in [1.29, 1.82) is 0 Å². The number of amides is 1. The fourth-order valence-corrected chi connectivity index (χ4v) is 6.23. The second-order valence-corrected chi connectivity index (χ2v) is 11.4. The monoisotopic (exact) mass is 618 g/mol. The topological polar surface area (TPSA) is 124 Å². The van der Waals surface area contributed by atoms with Gasteiger partial charge in [-0.15, -0.1) is 0 Å². The van der Waals surface area contributed by atoms with Crippen LogP contribution >= 0.6 is 11.3 Å². The molecule has 1 amide bonds. The van der Waals surface area contributed by atoms with Crippen LogP contribution in [0.1, 0.15) is 65.3 Å². The molecule has 230 valence electrons. The molecule has 2 atom stereocenters. The van der Waals surface area contributed by atoms with Crippen LogP contribution in [0.5, 0.6) is 17.2 Å². The summed E-state index contributed by atoms with van der Waals surface area (Å²) in [5.41, 5.74) is 1.98. The zero-order valence-corrected chi connectivity index (χ0v) is 25.9. The van der Waals surface area contributed by atoms with Gasteiger partial charge in [0.05, 0.1) is 30.5 Å². The first kappa shape index (κ1) is 30.8. The summed E-state index contributed by atoms with van der Waals surface area (Å²) in [4.78, 5) is 46.1. The van der Waals surface area contributed by atoms with Gasteiger partial charge in [-0.1, -0.05) is 37.0 Å². The van der Waals surface area contributed by atoms with Gasteiger partial charge in [0.2, 0.25) is 0 Å². The molecule has 5 rings (SSSR count). The number of thiazole rings is 1. The number of carbonyl (C=O) groups excluding carboxylic acids is 3. The first-order valence-electron chi connectivity index (χ1n) is 14.4. The van der Waals surface area contributed by atoms with E-state index in [-0.39, 0.29) is 34.1 Å². The molecule has 3 aromatic rings. The van der Waals surface area contributed by atoms with Gasteiger partial charge in [0.25, 0.3) is 5.78 Å². The van der Waals surface area contributed by atoms with Gasteiger partial charge in [-0.25, -0.2) is 9.78 Å². The minimum absolute atomic E-state index is 0.00722. The first-order valence-corrected chi connectivity index (χ1v) is 15.3. The maximum atomic E-state index is 13.7. The Morgan fingerprint density at radius 1 is 1.18 bits per heavy atom. The Morgan fingerprint density at radius 2 is 1.98 bits per heavy atom. The van der Waals surface area contributed by atoms with E-state index in [9.17, 15) is 19.5 Å². The SMILES string of the molecule is C=CCOC(=O)c1sc(N2C(=O)C(=O)/C(=C(/O)c3ccc4c(c3)C[C@H](C)O4)[C@@H]2c2ccc(OCCC)c(OCC)c2)nc1C. The molecule has 10 nitrogen and oxygen atoms in total. The molecule has 2 aliphatic heterocycles. The number of esters is 1. The lowest BCUT2D eigenvalue weighted by Crippen LogP contribution is -2.29. The van der Waals surface area contributed by atoms with Crippen molar-refractivity contribution in [3.05, 3.63) is 81.9 Å². The van der Waals surface area contributed by atoms with E-state index in [4.69, 9.17) is 18.9 Å². The lowest BCUT2D eigenvalue weighted by molar-refractivity contribution is -0.132. The number of ether oxygens (including phenoxy) is 4. The predicted octanol–water partition coefficient (Wildman–Crippen LogP) is 5.93. The Morgan fingerprint density at radius 3 is 2.70 bits per heavy atom. The zero-order valence-electron chi connectivity index (χ0n) is 25.0. The van der Waals surface area contributed by atoms with Crippen LogP contribution in [-0.2, 0) is 20.7 Å². The molecule has 0 saturated carbocycles. The maximum absolute atomic E-state index is 13.7. The molecular weight excluding hydrogens is 584 g/mol. The molecule has 2 aromatic carbocycles. The van der Waals surface area contributed by atoms with Gasteiger partial charge < -0.3 is 24.1 Å². The Labute approximate surface area is 259 Å². The number of aliphatic hydroxyl groups excluding tert-OH is 1. The number of aromatic nitrogens is 1. The highest BCUT2D eigenvalue weighted by molar-refractivity contribution is 7.17. The molecule has 0 bridgehead atoms. The molecule has 1 fully saturated rings. The third-order valence-electron chi connectivity index (χ3n) is 7.17. The van der Waals surface area contributed by atoms with Crippen molar-refractivity contribution in [3.8, 4) is 17.2 Å². The van der Waals surface area contributed by atoms with Crippen molar-refractivity contribution in [2.45, 2.75) is 52.7 Å². The van der Waals surface area contributed by atoms with Crippen LogP contribution in [0.25, 0.3) is 5.76 Å². The molecule has 1 saturated heterocycles. The highest BCUT2D eigenvalue weighted by Gasteiger charge is 2.49. The lowest BCUT2D eigenvalue weighted by atomic mass is 9.94. The number of hydrogen-bond acceptors (Lipinski definition) is 10. The Balaban J connectivity index is 1.67. The van der Waals surface area contributed by atoms with Crippen LogP contribution in [0.2, 0.25) is 0 Å². The summed E-state index contributed by atoms with van der Waals surface area (Å²) in [6, 6.07) is 9.23. The number of aliphatic hydroxyl groups is 1. The molecule has 0 aliphatic carbocycles. The average molecular weight is 619 g/mol. The zero-order chi connectivity index (χ0) is 31.5. The van der Waals surface area contributed by atoms with Gasteiger partial charge in [-0.2, -0.15) is 0 Å². The van der Waals surface area contributed by atoms with Crippen LogP contribution in [0, 0.1) is 6.92 Å². The van der Waals surface area contributed by atoms with Gasteiger partial charge in [0.15, 0.2) is 16.6 Å². The summed E-state index contributed by atoms with van der Waals surface area (Å²) >= 11 is 0.931. The molecular formula is C33H34N2O8S. The third-order valence-corrected chi connectivity index (χ3v) is 8.30. The summed E-state index contributed by atoms with van der Waals surface area (Å²) in [5.74, 6) is -1.07. The molecule has 0 unspecified atom stereocenters. The third kappa shape index (κ3) is 5.79. The average Bonchev–Trinajstić information content (AvgIpc) is 3.66. The van der Waals surface area contributed by atoms with Gasteiger partial charge in [0.1, 0.15) is 29.1 Å². The van der Waals surface area contributed by atoms with Crippen LogP contribution in [0.3, 0.4) is 0 Å². The molecule has 3 heterocycles. The van der Waals surface area contributed by atoms with Crippen molar-refractivity contribution in [2.24, 2.45) is 0 Å². The lowest BCUT2D eigenvalue weighted by Gasteiger charge is -2.24. The van der Waals surface area contributed by atoms with E-state index in [0.717, 1.165) is 23.3 Å². The summed E-state index contributed by atoms with van der Waals surface area (Å²) in [6.07, 6.45) is 2.87. The smallest absolute Gasteiger partial charge is 0.350 e. The Bertz CT molecular complexity index is 1660. The molecule has 44 heavy (non-hydrogen) atoms. The van der Waals surface area contributed by atoms with Gasteiger partial charge in [-0.3, -0.25) is 14.5 Å². The fraction of sp³-hybridized carbons (Fsp3) is 0.333. The number of carbonyl (C=O) groups is 3. The van der Waals surface area contributed by atoms with E-state index in [1.807, 2.05) is 20.8 Å². The largest absolute Gasteiger partial charge is 0.507 e. The molecule has 2 aliphatic rings. The molecule has 1 aromatic heterocycles. The second-order valence-electron chi connectivity index (χ2n) is 10.4. The summed E-state index contributed by atoms with van der Waals surface area (Å²) in [6.45, 7) is 11.8. The maximum Gasteiger partial charge on any atom is 0.350 e. The number of anilines is 1. The van der Waals surface area contributed by atoms with E-state index in [0.29, 0.717) is 53.7 Å². The van der Waals surface area contributed by atoms with Crippen molar-refractivity contribution in [3.63, 3.8) is 0 Å². The number of aryl methyl sites for hydroxylation is 1. The quantitative estimate of drug-likeness (QED) is 0.0915. The van der Waals surface area contributed by atoms with Crippen LogP contribution < -0.4 is 19.1 Å². The number of rotatable bonds is 11.